The van der Waals surface area contributed by atoms with Crippen molar-refractivity contribution in [2.45, 2.75) is 20.5 Å². The zero-order chi connectivity index (χ0) is 14.4. The Bertz CT molecular complexity index is 558. The number of rotatable bonds is 6. The Morgan fingerprint density at radius 2 is 1.80 bits per heavy atom. The molecule has 0 radical (unpaired) electrons. The van der Waals surface area contributed by atoms with Gasteiger partial charge in [-0.25, -0.2) is 9.97 Å². The number of halogens is 1. The molecule has 20 heavy (non-hydrogen) atoms. The van der Waals surface area contributed by atoms with Crippen LogP contribution in [-0.4, -0.2) is 23.2 Å². The lowest BCUT2D eigenvalue weighted by Crippen LogP contribution is -2.00. The van der Waals surface area contributed by atoms with E-state index in [1.807, 2.05) is 38.1 Å². The zero-order valence-corrected chi connectivity index (χ0v) is 12.4. The fourth-order valence-corrected chi connectivity index (χ4v) is 1.96. The largest absolute Gasteiger partial charge is 0.494 e. The van der Waals surface area contributed by atoms with E-state index in [4.69, 9.17) is 21.1 Å². The summed E-state index contributed by atoms with van der Waals surface area (Å²) in [5.74, 6) is 1.43. The summed E-state index contributed by atoms with van der Waals surface area (Å²) in [6.45, 7) is 5.52. The van der Waals surface area contributed by atoms with Crippen molar-refractivity contribution in [3.8, 4) is 17.0 Å². The minimum atomic E-state index is 0.362. The molecule has 0 aliphatic heterocycles. The third kappa shape index (κ3) is 3.92. The molecule has 0 spiro atoms. The molecule has 1 aromatic carbocycles. The highest BCUT2D eigenvalue weighted by atomic mass is 35.5. The third-order valence-corrected chi connectivity index (χ3v) is 2.83. The molecule has 0 saturated heterocycles. The average molecular weight is 293 g/mol. The van der Waals surface area contributed by atoms with Gasteiger partial charge in [0.2, 0.25) is 0 Å². The molecule has 0 saturated carbocycles. The Morgan fingerprint density at radius 1 is 1.05 bits per heavy atom. The maximum Gasteiger partial charge on any atom is 0.156 e. The van der Waals surface area contributed by atoms with Crippen LogP contribution in [0.15, 0.2) is 30.3 Å². The zero-order valence-electron chi connectivity index (χ0n) is 11.6. The molecule has 0 fully saturated rings. The first kappa shape index (κ1) is 14.8. The number of aromatic nitrogens is 2. The Labute approximate surface area is 123 Å². The average Bonchev–Trinajstić information content (AvgIpc) is 2.46. The van der Waals surface area contributed by atoms with Crippen LogP contribution >= 0.6 is 11.6 Å². The Balaban J connectivity index is 2.24. The third-order valence-electron chi connectivity index (χ3n) is 2.64. The molecule has 0 atom stereocenters. The van der Waals surface area contributed by atoms with Crippen molar-refractivity contribution < 1.29 is 9.47 Å². The lowest BCUT2D eigenvalue weighted by atomic mass is 10.1. The summed E-state index contributed by atoms with van der Waals surface area (Å²) in [5.41, 5.74) is 1.75. The Hall–Kier alpha value is -1.65. The van der Waals surface area contributed by atoms with Gasteiger partial charge in [-0.1, -0.05) is 11.6 Å². The summed E-state index contributed by atoms with van der Waals surface area (Å²) in [6.07, 6.45) is 0. The predicted molar refractivity (Wildman–Crippen MR) is 79.0 cm³/mol. The molecule has 0 N–H and O–H groups in total. The van der Waals surface area contributed by atoms with E-state index in [0.717, 1.165) is 17.0 Å². The van der Waals surface area contributed by atoms with Crippen molar-refractivity contribution in [2.75, 3.05) is 13.2 Å². The molecular formula is C15H17ClN2O2. The van der Waals surface area contributed by atoms with Gasteiger partial charge in [0.1, 0.15) is 17.5 Å². The fourth-order valence-electron chi connectivity index (χ4n) is 1.76. The van der Waals surface area contributed by atoms with Crippen LogP contribution < -0.4 is 4.74 Å². The van der Waals surface area contributed by atoms with E-state index in [1.54, 1.807) is 6.07 Å². The van der Waals surface area contributed by atoms with Gasteiger partial charge in [0, 0.05) is 18.2 Å². The van der Waals surface area contributed by atoms with Crippen molar-refractivity contribution in [2.24, 2.45) is 0 Å². The summed E-state index contributed by atoms with van der Waals surface area (Å²) in [5, 5.41) is 0.415. The smallest absolute Gasteiger partial charge is 0.156 e. The van der Waals surface area contributed by atoms with E-state index in [-0.39, 0.29) is 0 Å². The van der Waals surface area contributed by atoms with Crippen LogP contribution in [0, 0.1) is 0 Å². The molecule has 5 heteroatoms. The monoisotopic (exact) mass is 292 g/mol. The van der Waals surface area contributed by atoms with Gasteiger partial charge < -0.3 is 9.47 Å². The van der Waals surface area contributed by atoms with E-state index < -0.39 is 0 Å². The van der Waals surface area contributed by atoms with E-state index in [1.165, 1.54) is 0 Å². The number of hydrogen-bond acceptors (Lipinski definition) is 4. The topological polar surface area (TPSA) is 44.2 Å². The molecule has 1 aromatic heterocycles. The van der Waals surface area contributed by atoms with Crippen LogP contribution in [0.5, 0.6) is 5.75 Å². The quantitative estimate of drug-likeness (QED) is 0.761. The lowest BCUT2D eigenvalue weighted by molar-refractivity contribution is 0.128. The normalized spacial score (nSPS) is 10.6. The van der Waals surface area contributed by atoms with Crippen molar-refractivity contribution in [1.82, 2.24) is 9.97 Å². The van der Waals surface area contributed by atoms with Crippen LogP contribution in [-0.2, 0) is 11.3 Å². The molecule has 0 aliphatic carbocycles. The number of hydrogen-bond donors (Lipinski definition) is 0. The van der Waals surface area contributed by atoms with Crippen LogP contribution in [0.25, 0.3) is 11.3 Å². The minimum absolute atomic E-state index is 0.362. The van der Waals surface area contributed by atoms with Crippen LogP contribution in [0.3, 0.4) is 0 Å². The second-order valence-electron chi connectivity index (χ2n) is 4.09. The molecule has 106 valence electrons. The second kappa shape index (κ2) is 7.22. The maximum atomic E-state index is 6.03. The highest BCUT2D eigenvalue weighted by Crippen LogP contribution is 2.23. The summed E-state index contributed by atoms with van der Waals surface area (Å²) < 4.78 is 10.7. The van der Waals surface area contributed by atoms with Gasteiger partial charge in [-0.15, -0.1) is 0 Å². The number of benzene rings is 1. The fraction of sp³-hybridized carbons (Fsp3) is 0.333. The summed E-state index contributed by atoms with van der Waals surface area (Å²) >= 11 is 6.03. The van der Waals surface area contributed by atoms with Gasteiger partial charge in [0.05, 0.1) is 12.3 Å². The lowest BCUT2D eigenvalue weighted by Gasteiger charge is -2.07. The van der Waals surface area contributed by atoms with Gasteiger partial charge in [-0.05, 0) is 38.1 Å². The minimum Gasteiger partial charge on any atom is -0.494 e. The number of nitrogens with zero attached hydrogens (tertiary/aromatic N) is 2. The maximum absolute atomic E-state index is 6.03. The first-order valence-corrected chi connectivity index (χ1v) is 6.95. The molecule has 0 unspecified atom stereocenters. The second-order valence-corrected chi connectivity index (χ2v) is 4.47. The van der Waals surface area contributed by atoms with E-state index in [9.17, 15) is 0 Å². The van der Waals surface area contributed by atoms with E-state index in [0.29, 0.717) is 30.8 Å². The molecule has 0 amide bonds. The first-order valence-electron chi connectivity index (χ1n) is 6.57. The van der Waals surface area contributed by atoms with Crippen LogP contribution in [0.4, 0.5) is 0 Å². The van der Waals surface area contributed by atoms with Crippen molar-refractivity contribution in [1.29, 1.82) is 0 Å². The number of ether oxygens (including phenoxy) is 2. The molecule has 4 nitrogen and oxygen atoms in total. The van der Waals surface area contributed by atoms with Gasteiger partial charge in [-0.2, -0.15) is 0 Å². The summed E-state index contributed by atoms with van der Waals surface area (Å²) in [6, 6.07) is 9.48. The van der Waals surface area contributed by atoms with Gasteiger partial charge in [0.25, 0.3) is 0 Å². The van der Waals surface area contributed by atoms with E-state index in [2.05, 4.69) is 9.97 Å². The summed E-state index contributed by atoms with van der Waals surface area (Å²) in [7, 11) is 0. The molecule has 0 aliphatic rings. The Kier molecular flexibility index (Phi) is 5.32. The SMILES string of the molecule is CCOCc1nc(Cl)cc(-c2ccc(OCC)cc2)n1. The predicted octanol–water partition coefficient (Wildman–Crippen LogP) is 3.73. The van der Waals surface area contributed by atoms with Gasteiger partial charge in [-0.3, -0.25) is 0 Å². The van der Waals surface area contributed by atoms with Crippen LogP contribution in [0.1, 0.15) is 19.7 Å². The van der Waals surface area contributed by atoms with Crippen molar-refractivity contribution >= 4 is 11.6 Å². The van der Waals surface area contributed by atoms with Gasteiger partial charge >= 0.3 is 0 Å². The molecule has 0 bridgehead atoms. The van der Waals surface area contributed by atoms with E-state index >= 15 is 0 Å². The first-order chi connectivity index (χ1) is 9.72. The Morgan fingerprint density at radius 3 is 2.45 bits per heavy atom. The molecule has 1 heterocycles. The van der Waals surface area contributed by atoms with Crippen LogP contribution in [0.2, 0.25) is 5.15 Å². The van der Waals surface area contributed by atoms with Crippen molar-refractivity contribution in [3.63, 3.8) is 0 Å². The summed E-state index contributed by atoms with van der Waals surface area (Å²) in [4.78, 5) is 8.60. The molecule has 2 aromatic rings. The highest BCUT2D eigenvalue weighted by molar-refractivity contribution is 6.29. The highest BCUT2D eigenvalue weighted by Gasteiger charge is 2.06. The van der Waals surface area contributed by atoms with Crippen molar-refractivity contribution in [3.05, 3.63) is 41.3 Å². The van der Waals surface area contributed by atoms with Gasteiger partial charge in [0.15, 0.2) is 5.82 Å². The molecule has 2 rings (SSSR count). The standard InChI is InChI=1S/C15H17ClN2O2/c1-3-19-10-15-17-13(9-14(16)18-15)11-5-7-12(8-6-11)20-4-2/h5-9H,3-4,10H2,1-2H3. The molecular weight excluding hydrogens is 276 g/mol.